The molecule has 2 aromatic rings. The highest BCUT2D eigenvalue weighted by Crippen LogP contribution is 2.32. The maximum atomic E-state index is 11.4. The van der Waals surface area contributed by atoms with Crippen LogP contribution in [0.15, 0.2) is 24.4 Å². The number of aromatic nitrogens is 3. The third-order valence-electron chi connectivity index (χ3n) is 4.57. The van der Waals surface area contributed by atoms with Crippen molar-refractivity contribution >= 4 is 5.91 Å². The summed E-state index contributed by atoms with van der Waals surface area (Å²) < 4.78 is 12.6. The van der Waals surface area contributed by atoms with Gasteiger partial charge < -0.3 is 14.4 Å². The highest BCUT2D eigenvalue weighted by atomic mass is 16.7. The first-order valence-corrected chi connectivity index (χ1v) is 8.43. The van der Waals surface area contributed by atoms with Gasteiger partial charge in [-0.25, -0.2) is 4.68 Å². The monoisotopic (exact) mass is 343 g/mol. The van der Waals surface area contributed by atoms with E-state index >= 15 is 0 Å². The third-order valence-corrected chi connectivity index (χ3v) is 4.57. The zero-order valence-electron chi connectivity index (χ0n) is 14.2. The first-order chi connectivity index (χ1) is 12.2. The summed E-state index contributed by atoms with van der Waals surface area (Å²) in [7, 11) is 0. The molecule has 1 amide bonds. The number of hydrogen-bond acceptors (Lipinski definition) is 6. The number of carbonyl (C=O) groups is 1. The molecule has 25 heavy (non-hydrogen) atoms. The van der Waals surface area contributed by atoms with E-state index in [1.165, 1.54) is 0 Å². The van der Waals surface area contributed by atoms with Gasteiger partial charge in [-0.1, -0.05) is 11.3 Å². The van der Waals surface area contributed by atoms with E-state index in [1.54, 1.807) is 6.92 Å². The minimum Gasteiger partial charge on any atom is -0.454 e. The molecule has 0 spiro atoms. The number of rotatable bonds is 4. The first-order valence-electron chi connectivity index (χ1n) is 8.43. The molecule has 2 aliphatic heterocycles. The van der Waals surface area contributed by atoms with Gasteiger partial charge in [0.05, 0.1) is 18.4 Å². The van der Waals surface area contributed by atoms with Crippen LogP contribution < -0.4 is 9.47 Å². The number of benzene rings is 1. The van der Waals surface area contributed by atoms with Crippen molar-refractivity contribution in [2.45, 2.75) is 20.0 Å². The lowest BCUT2D eigenvalue weighted by molar-refractivity contribution is -0.130. The maximum Gasteiger partial charge on any atom is 0.231 e. The van der Waals surface area contributed by atoms with Crippen LogP contribution >= 0.6 is 0 Å². The summed E-state index contributed by atoms with van der Waals surface area (Å²) in [4.78, 5) is 15.6. The summed E-state index contributed by atoms with van der Waals surface area (Å²) in [6.45, 7) is 6.60. The van der Waals surface area contributed by atoms with E-state index in [4.69, 9.17) is 9.47 Å². The molecule has 1 aromatic carbocycles. The molecule has 4 rings (SSSR count). The van der Waals surface area contributed by atoms with Crippen LogP contribution in [0.3, 0.4) is 0 Å². The molecule has 2 aliphatic rings. The van der Waals surface area contributed by atoms with E-state index in [9.17, 15) is 4.79 Å². The van der Waals surface area contributed by atoms with Crippen molar-refractivity contribution < 1.29 is 14.3 Å². The van der Waals surface area contributed by atoms with Gasteiger partial charge in [-0.15, -0.1) is 5.10 Å². The summed E-state index contributed by atoms with van der Waals surface area (Å²) in [5.41, 5.74) is 2.03. The van der Waals surface area contributed by atoms with Crippen molar-refractivity contribution in [3.8, 4) is 11.5 Å². The molecule has 0 radical (unpaired) electrons. The maximum absolute atomic E-state index is 11.4. The molecule has 1 fully saturated rings. The summed E-state index contributed by atoms with van der Waals surface area (Å²) in [5, 5.41) is 8.48. The van der Waals surface area contributed by atoms with E-state index in [0.29, 0.717) is 6.54 Å². The van der Waals surface area contributed by atoms with Crippen molar-refractivity contribution in [2.24, 2.45) is 0 Å². The Morgan fingerprint density at radius 2 is 1.92 bits per heavy atom. The molecule has 0 atom stereocenters. The van der Waals surface area contributed by atoms with Gasteiger partial charge in [-0.2, -0.15) is 0 Å². The fraction of sp³-hybridized carbons (Fsp3) is 0.471. The smallest absolute Gasteiger partial charge is 0.231 e. The molecule has 8 nitrogen and oxygen atoms in total. The number of nitrogens with zero attached hydrogens (tertiary/aromatic N) is 5. The van der Waals surface area contributed by atoms with Crippen LogP contribution in [0.1, 0.15) is 18.2 Å². The molecule has 0 N–H and O–H groups in total. The van der Waals surface area contributed by atoms with Gasteiger partial charge in [-0.3, -0.25) is 9.69 Å². The normalized spacial score (nSPS) is 17.1. The van der Waals surface area contributed by atoms with Crippen molar-refractivity contribution in [3.05, 3.63) is 35.7 Å². The molecule has 0 saturated carbocycles. The van der Waals surface area contributed by atoms with Gasteiger partial charge in [0, 0.05) is 39.6 Å². The largest absolute Gasteiger partial charge is 0.454 e. The van der Waals surface area contributed by atoms with Crippen LogP contribution in [-0.4, -0.2) is 63.7 Å². The number of piperazine rings is 1. The van der Waals surface area contributed by atoms with Crippen LogP contribution in [-0.2, 0) is 17.9 Å². The van der Waals surface area contributed by atoms with Crippen molar-refractivity contribution in [3.63, 3.8) is 0 Å². The average molecular weight is 343 g/mol. The zero-order valence-corrected chi connectivity index (χ0v) is 14.2. The summed E-state index contributed by atoms with van der Waals surface area (Å²) in [5.74, 6) is 1.71. The number of carbonyl (C=O) groups excluding carboxylic acids is 1. The highest BCUT2D eigenvalue weighted by Gasteiger charge is 2.19. The number of hydrogen-bond donors (Lipinski definition) is 0. The molecule has 1 aromatic heterocycles. The Morgan fingerprint density at radius 1 is 1.12 bits per heavy atom. The summed E-state index contributed by atoms with van der Waals surface area (Å²) >= 11 is 0. The topological polar surface area (TPSA) is 72.7 Å². The fourth-order valence-corrected chi connectivity index (χ4v) is 3.16. The molecule has 0 bridgehead atoms. The summed E-state index contributed by atoms with van der Waals surface area (Å²) in [6, 6.07) is 5.91. The van der Waals surface area contributed by atoms with Crippen LogP contribution in [0, 0.1) is 0 Å². The second-order valence-electron chi connectivity index (χ2n) is 6.38. The van der Waals surface area contributed by atoms with Gasteiger partial charge in [0.15, 0.2) is 11.5 Å². The Hall–Kier alpha value is -2.61. The van der Waals surface area contributed by atoms with Gasteiger partial charge in [0.1, 0.15) is 0 Å². The molecule has 8 heteroatoms. The van der Waals surface area contributed by atoms with Crippen molar-refractivity contribution in [1.82, 2.24) is 24.8 Å². The highest BCUT2D eigenvalue weighted by molar-refractivity contribution is 5.73. The Kier molecular flexibility index (Phi) is 4.27. The molecule has 1 saturated heterocycles. The molecular formula is C17H21N5O3. The quantitative estimate of drug-likeness (QED) is 0.814. The van der Waals surface area contributed by atoms with E-state index < -0.39 is 0 Å². The van der Waals surface area contributed by atoms with Crippen LogP contribution in [0.25, 0.3) is 0 Å². The van der Waals surface area contributed by atoms with Crippen molar-refractivity contribution in [1.29, 1.82) is 0 Å². The molecule has 0 unspecified atom stereocenters. The second-order valence-corrected chi connectivity index (χ2v) is 6.38. The SMILES string of the molecule is CC(=O)N1CCN(Cc2cn(Cc3ccc4c(c3)OCO4)nn2)CC1. The van der Waals surface area contributed by atoms with Crippen molar-refractivity contribution in [2.75, 3.05) is 33.0 Å². The summed E-state index contributed by atoms with van der Waals surface area (Å²) in [6.07, 6.45) is 1.97. The van der Waals surface area contributed by atoms with Gasteiger partial charge in [0.2, 0.25) is 12.7 Å². The van der Waals surface area contributed by atoms with E-state index in [-0.39, 0.29) is 12.7 Å². The zero-order chi connectivity index (χ0) is 17.2. The Balaban J connectivity index is 1.34. The predicted octanol–water partition coefficient (Wildman–Crippen LogP) is 0.719. The number of fused-ring (bicyclic) bond motifs is 1. The van der Waals surface area contributed by atoms with Gasteiger partial charge >= 0.3 is 0 Å². The third kappa shape index (κ3) is 3.58. The molecule has 0 aliphatic carbocycles. The Labute approximate surface area is 145 Å². The lowest BCUT2D eigenvalue weighted by atomic mass is 10.2. The van der Waals surface area contributed by atoms with E-state index in [0.717, 1.165) is 55.5 Å². The number of ether oxygens (including phenoxy) is 2. The number of amides is 1. The first kappa shape index (κ1) is 15.9. The predicted molar refractivity (Wildman–Crippen MR) is 89.2 cm³/mol. The van der Waals surface area contributed by atoms with Gasteiger partial charge in [0.25, 0.3) is 0 Å². The van der Waals surface area contributed by atoms with Crippen LogP contribution in [0.5, 0.6) is 11.5 Å². The van der Waals surface area contributed by atoms with Crippen LogP contribution in [0.2, 0.25) is 0 Å². The van der Waals surface area contributed by atoms with Gasteiger partial charge in [-0.05, 0) is 17.7 Å². The molecular weight excluding hydrogens is 322 g/mol. The average Bonchev–Trinajstić information content (AvgIpc) is 3.24. The second kappa shape index (κ2) is 6.72. The fourth-order valence-electron chi connectivity index (χ4n) is 3.16. The van der Waals surface area contributed by atoms with Crippen LogP contribution in [0.4, 0.5) is 0 Å². The lowest BCUT2D eigenvalue weighted by Gasteiger charge is -2.33. The lowest BCUT2D eigenvalue weighted by Crippen LogP contribution is -2.47. The Morgan fingerprint density at radius 3 is 2.72 bits per heavy atom. The Bertz CT molecular complexity index is 767. The standard InChI is InChI=1S/C17H21N5O3/c1-13(23)21-6-4-20(5-7-21)10-15-11-22(19-18-15)9-14-2-3-16-17(8-14)25-12-24-16/h2-3,8,11H,4-7,9-10,12H2,1H3. The van der Waals surface area contributed by atoms with E-state index in [1.807, 2.05) is 34.0 Å². The minimum absolute atomic E-state index is 0.148. The van der Waals surface area contributed by atoms with E-state index in [2.05, 4.69) is 15.2 Å². The minimum atomic E-state index is 0.148. The molecule has 132 valence electrons. The molecule has 3 heterocycles.